The Balaban J connectivity index is 2.35. The first-order valence-electron chi connectivity index (χ1n) is 6.78. The fourth-order valence-corrected chi connectivity index (χ4v) is 2.47. The highest BCUT2D eigenvalue weighted by molar-refractivity contribution is 5.89. The summed E-state index contributed by atoms with van der Waals surface area (Å²) in [5.74, 6) is -0.182. The minimum Gasteiger partial charge on any atom is -0.508 e. The number of aromatic hydroxyl groups is 3. The fraction of sp³-hybridized carbons (Fsp3) is 0.118. The molecule has 0 aliphatic carbocycles. The van der Waals surface area contributed by atoms with Gasteiger partial charge >= 0.3 is 0 Å². The van der Waals surface area contributed by atoms with Crippen LogP contribution in [0, 0.1) is 6.92 Å². The van der Waals surface area contributed by atoms with Gasteiger partial charge in [-0.15, -0.1) is 0 Å². The number of ether oxygens (including phenoxy) is 1. The van der Waals surface area contributed by atoms with E-state index in [0.717, 1.165) is 6.07 Å². The number of phenols is 3. The largest absolute Gasteiger partial charge is 0.508 e. The van der Waals surface area contributed by atoms with Crippen LogP contribution in [0.25, 0.3) is 22.1 Å². The third-order valence-corrected chi connectivity index (χ3v) is 3.74. The van der Waals surface area contributed by atoms with Gasteiger partial charge in [0, 0.05) is 17.2 Å². The van der Waals surface area contributed by atoms with Gasteiger partial charge in [0.15, 0.2) is 11.3 Å². The zero-order valence-electron chi connectivity index (χ0n) is 12.5. The van der Waals surface area contributed by atoms with Crippen molar-refractivity contribution in [3.63, 3.8) is 0 Å². The Morgan fingerprint density at radius 3 is 2.48 bits per heavy atom. The van der Waals surface area contributed by atoms with Crippen molar-refractivity contribution in [3.8, 4) is 34.1 Å². The van der Waals surface area contributed by atoms with Gasteiger partial charge in [0.2, 0.25) is 5.43 Å². The lowest BCUT2D eigenvalue weighted by Gasteiger charge is -2.10. The van der Waals surface area contributed by atoms with Gasteiger partial charge in [-0.2, -0.15) is 0 Å². The highest BCUT2D eigenvalue weighted by Gasteiger charge is 2.18. The van der Waals surface area contributed by atoms with E-state index in [9.17, 15) is 20.1 Å². The number of hydrogen-bond acceptors (Lipinski definition) is 6. The summed E-state index contributed by atoms with van der Waals surface area (Å²) >= 11 is 0. The highest BCUT2D eigenvalue weighted by Crippen LogP contribution is 2.36. The van der Waals surface area contributed by atoms with Crippen molar-refractivity contribution in [2.75, 3.05) is 7.11 Å². The van der Waals surface area contributed by atoms with Crippen molar-refractivity contribution in [2.45, 2.75) is 6.92 Å². The van der Waals surface area contributed by atoms with Crippen LogP contribution in [-0.4, -0.2) is 22.4 Å². The van der Waals surface area contributed by atoms with Crippen molar-refractivity contribution in [1.82, 2.24) is 0 Å². The van der Waals surface area contributed by atoms with Crippen LogP contribution in [0.5, 0.6) is 23.0 Å². The number of hydrogen-bond donors (Lipinski definition) is 3. The summed E-state index contributed by atoms with van der Waals surface area (Å²) in [6, 6.07) is 5.38. The predicted octanol–water partition coefficient (Wildman–Crippen LogP) is 2.89. The minimum atomic E-state index is -0.430. The van der Waals surface area contributed by atoms with Crippen molar-refractivity contribution in [2.24, 2.45) is 0 Å². The Kier molecular flexibility index (Phi) is 3.37. The monoisotopic (exact) mass is 314 g/mol. The molecule has 3 N–H and O–H groups in total. The molecule has 6 heteroatoms. The molecule has 6 nitrogen and oxygen atoms in total. The first-order chi connectivity index (χ1) is 10.9. The first-order valence-corrected chi connectivity index (χ1v) is 6.78. The Morgan fingerprint density at radius 1 is 1.09 bits per heavy atom. The standard InChI is InChI=1S/C17H14O6/c1-8-14(22-2)6-11-16(21)12(7-23-17(11)15(8)20)10-4-3-9(18)5-13(10)19/h3-7,18-20H,1-2H3. The van der Waals surface area contributed by atoms with Gasteiger partial charge in [-0.1, -0.05) is 0 Å². The maximum Gasteiger partial charge on any atom is 0.200 e. The van der Waals surface area contributed by atoms with Gasteiger partial charge in [0.25, 0.3) is 0 Å². The van der Waals surface area contributed by atoms with Gasteiger partial charge in [-0.25, -0.2) is 0 Å². The second kappa shape index (κ2) is 5.24. The molecule has 0 spiro atoms. The lowest BCUT2D eigenvalue weighted by molar-refractivity contribution is 0.402. The molecule has 2 aromatic carbocycles. The Hall–Kier alpha value is -3.15. The van der Waals surface area contributed by atoms with Crippen LogP contribution >= 0.6 is 0 Å². The van der Waals surface area contributed by atoms with Gasteiger partial charge < -0.3 is 24.5 Å². The molecule has 0 bridgehead atoms. The van der Waals surface area contributed by atoms with Crippen LogP contribution in [-0.2, 0) is 0 Å². The summed E-state index contributed by atoms with van der Waals surface area (Å²) in [4.78, 5) is 12.7. The summed E-state index contributed by atoms with van der Waals surface area (Å²) in [5.41, 5.74) is 0.414. The van der Waals surface area contributed by atoms with Crippen molar-refractivity contribution in [3.05, 3.63) is 46.3 Å². The van der Waals surface area contributed by atoms with Crippen LogP contribution in [0.15, 0.2) is 39.7 Å². The molecule has 0 amide bonds. The molecule has 0 saturated heterocycles. The molecule has 1 aromatic heterocycles. The van der Waals surface area contributed by atoms with Crippen LogP contribution in [0.2, 0.25) is 0 Å². The van der Waals surface area contributed by atoms with Gasteiger partial charge in [-0.05, 0) is 25.1 Å². The summed E-state index contributed by atoms with van der Waals surface area (Å²) in [5, 5.41) is 29.6. The smallest absolute Gasteiger partial charge is 0.200 e. The van der Waals surface area contributed by atoms with Crippen LogP contribution in [0.4, 0.5) is 0 Å². The molecule has 23 heavy (non-hydrogen) atoms. The molecule has 0 unspecified atom stereocenters. The van der Waals surface area contributed by atoms with Crippen LogP contribution in [0.3, 0.4) is 0 Å². The summed E-state index contributed by atoms with van der Waals surface area (Å²) < 4.78 is 10.5. The van der Waals surface area contributed by atoms with E-state index in [1.54, 1.807) is 6.92 Å². The minimum absolute atomic E-state index is 0.0512. The third-order valence-electron chi connectivity index (χ3n) is 3.74. The molecule has 3 aromatic rings. The lowest BCUT2D eigenvalue weighted by Crippen LogP contribution is -2.06. The molecule has 0 saturated carbocycles. The third kappa shape index (κ3) is 2.24. The fourth-order valence-electron chi connectivity index (χ4n) is 2.47. The topological polar surface area (TPSA) is 100 Å². The number of benzene rings is 2. The molecule has 0 radical (unpaired) electrons. The van der Waals surface area contributed by atoms with E-state index in [4.69, 9.17) is 9.15 Å². The molecule has 0 atom stereocenters. The number of phenolic OH excluding ortho intramolecular Hbond substituents is 3. The average molecular weight is 314 g/mol. The number of methoxy groups -OCH3 is 1. The van der Waals surface area contributed by atoms with Crippen molar-refractivity contribution >= 4 is 11.0 Å². The SMILES string of the molecule is COc1cc2c(=O)c(-c3ccc(O)cc3O)coc2c(O)c1C. The van der Waals surface area contributed by atoms with Crippen molar-refractivity contribution < 1.29 is 24.5 Å². The van der Waals surface area contributed by atoms with E-state index < -0.39 is 5.43 Å². The maximum atomic E-state index is 12.7. The van der Waals surface area contributed by atoms with E-state index in [2.05, 4.69) is 0 Å². The van der Waals surface area contributed by atoms with Crippen LogP contribution in [0.1, 0.15) is 5.56 Å². The average Bonchev–Trinajstić information content (AvgIpc) is 2.52. The molecular formula is C17H14O6. The lowest BCUT2D eigenvalue weighted by atomic mass is 10.0. The second-order valence-electron chi connectivity index (χ2n) is 5.11. The first kappa shape index (κ1) is 14.8. The molecule has 1 heterocycles. The molecule has 0 aliphatic rings. The Labute approximate surface area is 130 Å². The quantitative estimate of drug-likeness (QED) is 0.672. The predicted molar refractivity (Wildman–Crippen MR) is 84.2 cm³/mol. The zero-order valence-corrected chi connectivity index (χ0v) is 12.5. The second-order valence-corrected chi connectivity index (χ2v) is 5.11. The van der Waals surface area contributed by atoms with Crippen molar-refractivity contribution in [1.29, 1.82) is 0 Å². The molecule has 118 valence electrons. The van der Waals surface area contributed by atoms with Gasteiger partial charge in [0.1, 0.15) is 23.5 Å². The van der Waals surface area contributed by atoms with E-state index in [1.165, 1.54) is 31.6 Å². The van der Waals surface area contributed by atoms with E-state index in [0.29, 0.717) is 11.3 Å². The normalized spacial score (nSPS) is 10.9. The van der Waals surface area contributed by atoms with E-state index in [-0.39, 0.29) is 39.3 Å². The van der Waals surface area contributed by atoms with E-state index in [1.807, 2.05) is 0 Å². The van der Waals surface area contributed by atoms with E-state index >= 15 is 0 Å². The van der Waals surface area contributed by atoms with Crippen LogP contribution < -0.4 is 10.2 Å². The molecule has 0 fully saturated rings. The molecule has 0 aliphatic heterocycles. The number of fused-ring (bicyclic) bond motifs is 1. The highest BCUT2D eigenvalue weighted by atomic mass is 16.5. The summed E-state index contributed by atoms with van der Waals surface area (Å²) in [6.45, 7) is 1.65. The Bertz CT molecular complexity index is 971. The Morgan fingerprint density at radius 2 is 1.83 bits per heavy atom. The molecular weight excluding hydrogens is 300 g/mol. The van der Waals surface area contributed by atoms with Gasteiger partial charge in [-0.3, -0.25) is 4.79 Å². The maximum absolute atomic E-state index is 12.7. The zero-order chi connectivity index (χ0) is 16.7. The number of rotatable bonds is 2. The van der Waals surface area contributed by atoms with Gasteiger partial charge in [0.05, 0.1) is 18.1 Å². The summed E-state index contributed by atoms with van der Waals surface area (Å²) in [6.07, 6.45) is 1.17. The molecule has 3 rings (SSSR count). The summed E-state index contributed by atoms with van der Waals surface area (Å²) in [7, 11) is 1.44.